The highest BCUT2D eigenvalue weighted by Gasteiger charge is 2.37. The predicted octanol–water partition coefficient (Wildman–Crippen LogP) is 4.38. The van der Waals surface area contributed by atoms with Crippen LogP contribution in [0.2, 0.25) is 0 Å². The highest BCUT2D eigenvalue weighted by Crippen LogP contribution is 2.39. The molecule has 3 rings (SSSR count). The number of hydrogen-bond donors (Lipinski definition) is 2. The van der Waals surface area contributed by atoms with Crippen molar-refractivity contribution in [3.63, 3.8) is 0 Å². The van der Waals surface area contributed by atoms with Crippen LogP contribution in [0.1, 0.15) is 41.0 Å². The van der Waals surface area contributed by atoms with Crippen molar-refractivity contribution in [2.75, 3.05) is 28.1 Å². The number of nitrogens with one attached hydrogen (secondary N) is 2. The Hall–Kier alpha value is -3.14. The number of fused-ring (bicyclic) bond motifs is 1. The predicted molar refractivity (Wildman–Crippen MR) is 129 cm³/mol. The molecule has 2 aromatic rings. The Balaban J connectivity index is 1.90. The smallest absolute Gasteiger partial charge is 0.262 e. The highest BCUT2D eigenvalue weighted by molar-refractivity contribution is 7.92. The molecule has 8 nitrogen and oxygen atoms in total. The summed E-state index contributed by atoms with van der Waals surface area (Å²) in [6, 6.07) is 7.93. The van der Waals surface area contributed by atoms with E-state index in [1.54, 1.807) is 11.0 Å². The van der Waals surface area contributed by atoms with Crippen molar-refractivity contribution in [1.82, 2.24) is 0 Å². The summed E-state index contributed by atoms with van der Waals surface area (Å²) in [5.74, 6) is -0.622. The van der Waals surface area contributed by atoms with Gasteiger partial charge in [-0.3, -0.25) is 14.3 Å². The molecular weight excluding hydrogens is 461 g/mol. The number of benzene rings is 2. The molecule has 2 amide bonds. The van der Waals surface area contributed by atoms with E-state index in [1.165, 1.54) is 31.2 Å². The Bertz CT molecular complexity index is 1210. The molecule has 184 valence electrons. The van der Waals surface area contributed by atoms with Crippen molar-refractivity contribution in [2.24, 2.45) is 11.3 Å². The third kappa shape index (κ3) is 5.67. The molecule has 0 saturated carbocycles. The van der Waals surface area contributed by atoms with Crippen LogP contribution in [-0.2, 0) is 19.6 Å². The van der Waals surface area contributed by atoms with E-state index >= 15 is 0 Å². The van der Waals surface area contributed by atoms with E-state index in [-0.39, 0.29) is 28.8 Å². The first kappa shape index (κ1) is 25.5. The summed E-state index contributed by atoms with van der Waals surface area (Å²) in [6.45, 7) is 9.66. The van der Waals surface area contributed by atoms with Gasteiger partial charge in [-0.05, 0) is 56.5 Å². The van der Waals surface area contributed by atoms with Gasteiger partial charge >= 0.3 is 0 Å². The molecule has 1 aliphatic heterocycles. The number of carbonyl (C=O) groups is 2. The van der Waals surface area contributed by atoms with E-state index in [9.17, 15) is 22.4 Å². The number of hydrogen-bond acceptors (Lipinski definition) is 5. The van der Waals surface area contributed by atoms with E-state index in [2.05, 4.69) is 23.9 Å². The largest absolute Gasteiger partial charge is 0.490 e. The summed E-state index contributed by atoms with van der Waals surface area (Å²) in [4.78, 5) is 25.7. The Morgan fingerprint density at radius 2 is 1.91 bits per heavy atom. The quantitative estimate of drug-likeness (QED) is 0.598. The number of nitrogens with zero attached hydrogens (tertiary/aromatic N) is 1. The van der Waals surface area contributed by atoms with Crippen LogP contribution in [0, 0.1) is 17.2 Å². The van der Waals surface area contributed by atoms with E-state index in [1.807, 2.05) is 13.8 Å². The van der Waals surface area contributed by atoms with Gasteiger partial charge in [-0.15, -0.1) is 0 Å². The van der Waals surface area contributed by atoms with Gasteiger partial charge in [0, 0.05) is 19.5 Å². The number of rotatable bonds is 7. The van der Waals surface area contributed by atoms with Gasteiger partial charge in [0.25, 0.3) is 10.0 Å². The molecule has 34 heavy (non-hydrogen) atoms. The third-order valence-electron chi connectivity index (χ3n) is 5.41. The molecule has 0 bridgehead atoms. The maximum Gasteiger partial charge on any atom is 0.262 e. The summed E-state index contributed by atoms with van der Waals surface area (Å²) < 4.78 is 48.3. The van der Waals surface area contributed by atoms with Crippen molar-refractivity contribution in [1.29, 1.82) is 0 Å². The number of anilines is 3. The Morgan fingerprint density at radius 1 is 1.21 bits per heavy atom. The van der Waals surface area contributed by atoms with E-state index in [0.717, 1.165) is 12.5 Å². The molecule has 1 heterocycles. The zero-order chi connectivity index (χ0) is 25.3. The Labute approximate surface area is 199 Å². The molecule has 0 fully saturated rings. The van der Waals surface area contributed by atoms with E-state index < -0.39 is 27.2 Å². The topological polar surface area (TPSA) is 105 Å². The number of carbonyl (C=O) groups excluding carboxylic acids is 2. The first-order valence-corrected chi connectivity index (χ1v) is 12.5. The van der Waals surface area contributed by atoms with Gasteiger partial charge in [0.15, 0.2) is 0 Å². The minimum atomic E-state index is -4.12. The fourth-order valence-electron chi connectivity index (χ4n) is 3.49. The van der Waals surface area contributed by atoms with Crippen LogP contribution < -0.4 is 19.7 Å². The minimum absolute atomic E-state index is 0.0602. The molecule has 2 aromatic carbocycles. The summed E-state index contributed by atoms with van der Waals surface area (Å²) in [5, 5.41) is 2.30. The van der Waals surface area contributed by atoms with Crippen LogP contribution >= 0.6 is 0 Å². The minimum Gasteiger partial charge on any atom is -0.490 e. The van der Waals surface area contributed by atoms with Gasteiger partial charge < -0.3 is 15.0 Å². The van der Waals surface area contributed by atoms with Crippen molar-refractivity contribution >= 4 is 38.9 Å². The molecule has 1 aliphatic rings. The summed E-state index contributed by atoms with van der Waals surface area (Å²) in [5.41, 5.74) is -0.0763. The first-order chi connectivity index (χ1) is 15.8. The van der Waals surface area contributed by atoms with Crippen molar-refractivity contribution < 1.29 is 27.1 Å². The van der Waals surface area contributed by atoms with Gasteiger partial charge in [0.1, 0.15) is 18.2 Å². The van der Waals surface area contributed by atoms with E-state index in [4.69, 9.17) is 4.74 Å². The lowest BCUT2D eigenvalue weighted by Crippen LogP contribution is -2.42. The van der Waals surface area contributed by atoms with Gasteiger partial charge in [0.2, 0.25) is 11.8 Å². The van der Waals surface area contributed by atoms with Crippen LogP contribution in [-0.4, -0.2) is 33.4 Å². The van der Waals surface area contributed by atoms with Crippen molar-refractivity contribution in [3.8, 4) is 5.75 Å². The molecule has 0 radical (unpaired) electrons. The SMILES string of the molecule is CC(=O)Nc1ccc(S(=O)(=O)Nc2ccc3c(c2)OCC(C)(C)C(=O)N3CCC(C)C)cc1F. The monoisotopic (exact) mass is 491 g/mol. The second-order valence-electron chi connectivity index (χ2n) is 9.42. The highest BCUT2D eigenvalue weighted by atomic mass is 32.2. The van der Waals surface area contributed by atoms with Gasteiger partial charge in [-0.1, -0.05) is 13.8 Å². The van der Waals surface area contributed by atoms with Crippen LogP contribution in [0.5, 0.6) is 5.75 Å². The van der Waals surface area contributed by atoms with Crippen LogP contribution in [0.4, 0.5) is 21.5 Å². The lowest BCUT2D eigenvalue weighted by molar-refractivity contribution is -0.127. The maximum atomic E-state index is 14.3. The Morgan fingerprint density at radius 3 is 2.53 bits per heavy atom. The van der Waals surface area contributed by atoms with Gasteiger partial charge in [0.05, 0.1) is 27.4 Å². The average Bonchev–Trinajstić information content (AvgIpc) is 2.82. The molecule has 0 aliphatic carbocycles. The first-order valence-electron chi connectivity index (χ1n) is 11.0. The maximum absolute atomic E-state index is 14.3. The fourth-order valence-corrected chi connectivity index (χ4v) is 4.55. The zero-order valence-electron chi connectivity index (χ0n) is 19.9. The molecule has 10 heteroatoms. The molecule has 0 aromatic heterocycles. The number of halogens is 1. The lowest BCUT2D eigenvalue weighted by Gasteiger charge is -2.28. The molecule has 0 unspecified atom stereocenters. The zero-order valence-corrected chi connectivity index (χ0v) is 20.8. The normalized spacial score (nSPS) is 15.4. The van der Waals surface area contributed by atoms with Gasteiger partial charge in [-0.2, -0.15) is 0 Å². The fraction of sp³-hybridized carbons (Fsp3) is 0.417. The molecular formula is C24H30FN3O5S. The van der Waals surface area contributed by atoms with E-state index in [0.29, 0.717) is 23.9 Å². The molecule has 0 spiro atoms. The number of ether oxygens (including phenoxy) is 1. The van der Waals surface area contributed by atoms with Crippen molar-refractivity contribution in [3.05, 3.63) is 42.2 Å². The number of amides is 2. The second kappa shape index (κ2) is 9.61. The summed E-state index contributed by atoms with van der Waals surface area (Å²) in [6.07, 6.45) is 0.801. The molecule has 2 N–H and O–H groups in total. The standard InChI is InChI=1S/C24H30FN3O5S/c1-15(2)10-11-28-21-9-6-17(12-22(21)33-14-24(4,5)23(28)30)27-34(31,32)18-7-8-20(19(25)13-18)26-16(3)29/h6-9,12-13,15,27H,10-11,14H2,1-5H3,(H,26,29). The molecule has 0 atom stereocenters. The molecule has 0 saturated heterocycles. The average molecular weight is 492 g/mol. The van der Waals surface area contributed by atoms with Crippen molar-refractivity contribution in [2.45, 2.75) is 45.9 Å². The van der Waals surface area contributed by atoms with Crippen LogP contribution in [0.3, 0.4) is 0 Å². The van der Waals surface area contributed by atoms with Gasteiger partial charge in [-0.25, -0.2) is 12.8 Å². The Kier molecular flexibility index (Phi) is 7.21. The lowest BCUT2D eigenvalue weighted by atomic mass is 9.92. The summed E-state index contributed by atoms with van der Waals surface area (Å²) >= 11 is 0. The second-order valence-corrected chi connectivity index (χ2v) is 11.1. The summed E-state index contributed by atoms with van der Waals surface area (Å²) in [7, 11) is -4.12. The number of sulfonamides is 1. The van der Waals surface area contributed by atoms with Crippen LogP contribution in [0.15, 0.2) is 41.3 Å². The van der Waals surface area contributed by atoms with Crippen LogP contribution in [0.25, 0.3) is 0 Å². The third-order valence-corrected chi connectivity index (χ3v) is 6.79.